The fraction of sp³-hybridized carbons (Fsp3) is 0.118. The summed E-state index contributed by atoms with van der Waals surface area (Å²) in [5.41, 5.74) is 0.212. The molecule has 0 atom stereocenters. The Morgan fingerprint density at radius 3 is 2.46 bits per heavy atom. The van der Waals surface area contributed by atoms with E-state index in [4.69, 9.17) is 11.2 Å². The van der Waals surface area contributed by atoms with Gasteiger partial charge in [-0.05, 0) is 30.3 Å². The predicted molar refractivity (Wildman–Crippen MR) is 92.7 cm³/mol. The average molecular weight is 374 g/mol. The summed E-state index contributed by atoms with van der Waals surface area (Å²) in [6, 6.07) is 10.9. The summed E-state index contributed by atoms with van der Waals surface area (Å²) in [6.07, 6.45) is 5.01. The standard InChI is InChI=1S/C17H14N2O6S/c1-2-11-18-26(23,24)15-9-7-13(8-10-15)17(20)25-12-14-5-3-4-6-16(14)19(21)22/h1,3-10,18H,11-12H2. The van der Waals surface area contributed by atoms with Crippen molar-refractivity contribution in [3.8, 4) is 12.3 Å². The molecule has 0 spiro atoms. The summed E-state index contributed by atoms with van der Waals surface area (Å²) in [5, 5.41) is 10.9. The van der Waals surface area contributed by atoms with Gasteiger partial charge in [-0.3, -0.25) is 10.1 Å². The third kappa shape index (κ3) is 4.66. The van der Waals surface area contributed by atoms with Crippen molar-refractivity contribution < 1.29 is 22.9 Å². The van der Waals surface area contributed by atoms with E-state index in [0.29, 0.717) is 0 Å². The van der Waals surface area contributed by atoms with E-state index in [1.54, 1.807) is 6.07 Å². The predicted octanol–water partition coefficient (Wildman–Crippen LogP) is 1.86. The molecule has 2 aromatic rings. The summed E-state index contributed by atoms with van der Waals surface area (Å²) in [7, 11) is -3.75. The number of para-hydroxylation sites is 1. The first kappa shape index (κ1) is 19.1. The molecule has 0 aliphatic carbocycles. The van der Waals surface area contributed by atoms with Crippen molar-refractivity contribution in [1.29, 1.82) is 0 Å². The molecule has 0 heterocycles. The van der Waals surface area contributed by atoms with Crippen LogP contribution in [-0.4, -0.2) is 25.9 Å². The number of rotatable bonds is 7. The minimum absolute atomic E-state index is 0.0528. The molecule has 2 rings (SSSR count). The molecule has 0 aromatic heterocycles. The van der Waals surface area contributed by atoms with E-state index in [2.05, 4.69) is 10.6 Å². The zero-order valence-electron chi connectivity index (χ0n) is 13.4. The number of carbonyl (C=O) groups excluding carboxylic acids is 1. The zero-order chi connectivity index (χ0) is 19.2. The van der Waals surface area contributed by atoms with Crippen LogP contribution in [0.15, 0.2) is 53.4 Å². The van der Waals surface area contributed by atoms with Crippen LogP contribution in [0.5, 0.6) is 0 Å². The Kier molecular flexibility index (Phi) is 6.06. The molecular formula is C17H14N2O6S. The molecule has 0 aliphatic heterocycles. The van der Waals surface area contributed by atoms with E-state index in [9.17, 15) is 23.3 Å². The SMILES string of the molecule is C#CCNS(=O)(=O)c1ccc(C(=O)OCc2ccccc2[N+](=O)[O-])cc1. The molecule has 26 heavy (non-hydrogen) atoms. The Balaban J connectivity index is 2.07. The lowest BCUT2D eigenvalue weighted by Gasteiger charge is -2.07. The number of hydrogen-bond acceptors (Lipinski definition) is 6. The summed E-state index contributed by atoms with van der Waals surface area (Å²) >= 11 is 0. The Bertz CT molecular complexity index is 961. The molecule has 0 unspecified atom stereocenters. The second kappa shape index (κ2) is 8.24. The van der Waals surface area contributed by atoms with Crippen molar-refractivity contribution >= 4 is 21.7 Å². The van der Waals surface area contributed by atoms with Crippen LogP contribution in [0.3, 0.4) is 0 Å². The number of terminal acetylenes is 1. The van der Waals surface area contributed by atoms with Gasteiger partial charge >= 0.3 is 5.97 Å². The maximum atomic E-state index is 12.0. The molecule has 134 valence electrons. The van der Waals surface area contributed by atoms with Gasteiger partial charge in [0.15, 0.2) is 0 Å². The minimum Gasteiger partial charge on any atom is -0.457 e. The van der Waals surface area contributed by atoms with Crippen LogP contribution in [0.2, 0.25) is 0 Å². The molecule has 2 aromatic carbocycles. The number of carbonyl (C=O) groups is 1. The molecule has 1 N–H and O–H groups in total. The molecule has 0 saturated heterocycles. The van der Waals surface area contributed by atoms with Gasteiger partial charge in [0.05, 0.1) is 27.5 Å². The number of nitro groups is 1. The number of sulfonamides is 1. The summed E-state index contributed by atoms with van der Waals surface area (Å²) in [5.74, 6) is 1.42. The van der Waals surface area contributed by atoms with Gasteiger partial charge in [-0.15, -0.1) is 6.42 Å². The fourth-order valence-corrected chi connectivity index (χ4v) is 2.96. The number of benzene rings is 2. The van der Waals surface area contributed by atoms with Crippen LogP contribution in [0.4, 0.5) is 5.69 Å². The second-order valence-corrected chi connectivity index (χ2v) is 6.78. The minimum atomic E-state index is -3.75. The first-order valence-electron chi connectivity index (χ1n) is 7.28. The van der Waals surface area contributed by atoms with Gasteiger partial charge in [0, 0.05) is 6.07 Å². The van der Waals surface area contributed by atoms with E-state index in [-0.39, 0.29) is 34.9 Å². The fourth-order valence-electron chi connectivity index (χ4n) is 2.03. The molecular weight excluding hydrogens is 360 g/mol. The lowest BCUT2D eigenvalue weighted by Crippen LogP contribution is -2.23. The smallest absolute Gasteiger partial charge is 0.338 e. The highest BCUT2D eigenvalue weighted by Crippen LogP contribution is 2.19. The second-order valence-electron chi connectivity index (χ2n) is 5.02. The van der Waals surface area contributed by atoms with Crippen molar-refractivity contribution in [3.05, 3.63) is 69.8 Å². The van der Waals surface area contributed by atoms with Crippen LogP contribution in [0.25, 0.3) is 0 Å². The van der Waals surface area contributed by atoms with E-state index in [1.165, 1.54) is 42.5 Å². The molecule has 0 fully saturated rings. The van der Waals surface area contributed by atoms with Crippen LogP contribution in [0, 0.1) is 22.5 Å². The highest BCUT2D eigenvalue weighted by Gasteiger charge is 2.17. The van der Waals surface area contributed by atoms with Crippen LogP contribution >= 0.6 is 0 Å². The largest absolute Gasteiger partial charge is 0.457 e. The zero-order valence-corrected chi connectivity index (χ0v) is 14.2. The van der Waals surface area contributed by atoms with Gasteiger partial charge in [0.2, 0.25) is 10.0 Å². The van der Waals surface area contributed by atoms with Gasteiger partial charge in [-0.2, -0.15) is 4.72 Å². The number of esters is 1. The van der Waals surface area contributed by atoms with Gasteiger partial charge in [0.1, 0.15) is 6.61 Å². The van der Waals surface area contributed by atoms with Crippen LogP contribution < -0.4 is 4.72 Å². The van der Waals surface area contributed by atoms with Crippen LogP contribution in [-0.2, 0) is 21.4 Å². The van der Waals surface area contributed by atoms with Crippen molar-refractivity contribution in [2.24, 2.45) is 0 Å². The normalized spacial score (nSPS) is 10.7. The van der Waals surface area contributed by atoms with Crippen molar-refractivity contribution in [3.63, 3.8) is 0 Å². The Morgan fingerprint density at radius 2 is 1.85 bits per heavy atom. The topological polar surface area (TPSA) is 116 Å². The summed E-state index contributed by atoms with van der Waals surface area (Å²) in [4.78, 5) is 22.4. The third-order valence-corrected chi connectivity index (χ3v) is 4.73. The Morgan fingerprint density at radius 1 is 1.19 bits per heavy atom. The summed E-state index contributed by atoms with van der Waals surface area (Å²) < 4.78 is 31.0. The number of nitro benzene ring substituents is 1. The number of hydrogen-bond donors (Lipinski definition) is 1. The van der Waals surface area contributed by atoms with E-state index < -0.39 is 20.9 Å². The third-order valence-electron chi connectivity index (χ3n) is 3.31. The van der Waals surface area contributed by atoms with Gasteiger partial charge in [-0.25, -0.2) is 13.2 Å². The lowest BCUT2D eigenvalue weighted by atomic mass is 10.2. The average Bonchev–Trinajstić information content (AvgIpc) is 2.64. The Hall–Kier alpha value is -3.22. The number of nitrogens with zero attached hydrogens (tertiary/aromatic N) is 1. The first-order valence-corrected chi connectivity index (χ1v) is 8.76. The molecule has 0 amide bonds. The van der Waals surface area contributed by atoms with Crippen LogP contribution in [0.1, 0.15) is 15.9 Å². The van der Waals surface area contributed by atoms with Gasteiger partial charge in [-0.1, -0.05) is 18.1 Å². The Labute approximate surface area is 150 Å². The maximum absolute atomic E-state index is 12.0. The maximum Gasteiger partial charge on any atom is 0.338 e. The van der Waals surface area contributed by atoms with Gasteiger partial charge in [0.25, 0.3) is 5.69 Å². The number of ether oxygens (including phenoxy) is 1. The van der Waals surface area contributed by atoms with E-state index >= 15 is 0 Å². The highest BCUT2D eigenvalue weighted by atomic mass is 32.2. The molecule has 0 saturated carbocycles. The molecule has 0 aliphatic rings. The van der Waals surface area contributed by atoms with E-state index in [1.807, 2.05) is 0 Å². The first-order chi connectivity index (χ1) is 12.3. The molecule has 0 radical (unpaired) electrons. The lowest BCUT2D eigenvalue weighted by molar-refractivity contribution is -0.385. The van der Waals surface area contributed by atoms with Crippen molar-refractivity contribution in [1.82, 2.24) is 4.72 Å². The summed E-state index contributed by atoms with van der Waals surface area (Å²) in [6.45, 7) is -0.429. The quantitative estimate of drug-likeness (QED) is 0.342. The highest BCUT2D eigenvalue weighted by molar-refractivity contribution is 7.89. The monoisotopic (exact) mass is 374 g/mol. The molecule has 8 nitrogen and oxygen atoms in total. The molecule has 0 bridgehead atoms. The number of nitrogens with one attached hydrogen (secondary N) is 1. The van der Waals surface area contributed by atoms with Crippen molar-refractivity contribution in [2.75, 3.05) is 6.54 Å². The van der Waals surface area contributed by atoms with Crippen molar-refractivity contribution in [2.45, 2.75) is 11.5 Å². The molecule has 9 heteroatoms. The van der Waals surface area contributed by atoms with Gasteiger partial charge < -0.3 is 4.74 Å². The van der Waals surface area contributed by atoms with E-state index in [0.717, 1.165) is 0 Å².